The number of fused-ring (bicyclic) bond motifs is 5. The fourth-order valence-electron chi connectivity index (χ4n) is 5.80. The van der Waals surface area contributed by atoms with Gasteiger partial charge in [-0.25, -0.2) is 0 Å². The molecule has 0 saturated carbocycles. The van der Waals surface area contributed by atoms with Crippen molar-refractivity contribution in [3.63, 3.8) is 0 Å². The summed E-state index contributed by atoms with van der Waals surface area (Å²) in [5.41, 5.74) is 1.24. The third-order valence-electron chi connectivity index (χ3n) is 7.59. The van der Waals surface area contributed by atoms with Crippen molar-refractivity contribution in [2.75, 3.05) is 16.3 Å². The highest BCUT2D eigenvalue weighted by Gasteiger charge is 2.66. The van der Waals surface area contributed by atoms with E-state index in [0.717, 1.165) is 11.1 Å². The maximum atomic E-state index is 14.7. The van der Waals surface area contributed by atoms with E-state index in [-0.39, 0.29) is 27.9 Å². The van der Waals surface area contributed by atoms with Crippen LogP contribution in [0, 0.1) is 6.92 Å². The number of carbonyl (C=O) groups is 2. The third-order valence-corrected chi connectivity index (χ3v) is 9.95. The first-order valence-corrected chi connectivity index (χ1v) is 15.6. The van der Waals surface area contributed by atoms with Gasteiger partial charge in [-0.2, -0.15) is 0 Å². The molecule has 0 aliphatic carbocycles. The van der Waals surface area contributed by atoms with E-state index >= 15 is 0 Å². The van der Waals surface area contributed by atoms with Crippen LogP contribution in [0.2, 0.25) is 5.02 Å². The Bertz CT molecular complexity index is 1970. The summed E-state index contributed by atoms with van der Waals surface area (Å²) in [5, 5.41) is 9.92. The fraction of sp³-hybridized carbons (Fsp3) is 0.194. The zero-order valence-corrected chi connectivity index (χ0v) is 25.0. The third kappa shape index (κ3) is 3.85. The number of para-hydroxylation sites is 1. The first-order chi connectivity index (χ1) is 20.3. The van der Waals surface area contributed by atoms with E-state index in [0.29, 0.717) is 44.7 Å². The number of halogens is 1. The van der Waals surface area contributed by atoms with Crippen molar-refractivity contribution >= 4 is 68.3 Å². The molecule has 0 saturated heterocycles. The lowest BCUT2D eigenvalue weighted by Gasteiger charge is -2.32. The molecule has 0 radical (unpaired) electrons. The van der Waals surface area contributed by atoms with Crippen molar-refractivity contribution < 1.29 is 14.0 Å². The van der Waals surface area contributed by atoms with Crippen LogP contribution in [-0.2, 0) is 16.1 Å². The number of hydrogen-bond acceptors (Lipinski definition) is 8. The number of thioether (sulfide) groups is 1. The number of aromatic nitrogens is 2. The molecule has 2 aliphatic rings. The van der Waals surface area contributed by atoms with Crippen molar-refractivity contribution in [1.29, 1.82) is 0 Å². The van der Waals surface area contributed by atoms with Gasteiger partial charge in [0.2, 0.25) is 10.9 Å². The zero-order chi connectivity index (χ0) is 29.2. The predicted molar refractivity (Wildman–Crippen MR) is 165 cm³/mol. The summed E-state index contributed by atoms with van der Waals surface area (Å²) < 4.78 is 6.76. The van der Waals surface area contributed by atoms with Crippen LogP contribution in [0.4, 0.5) is 10.8 Å². The van der Waals surface area contributed by atoms with Gasteiger partial charge < -0.3 is 9.32 Å². The lowest BCUT2D eigenvalue weighted by atomic mass is 9.84. The molecule has 4 heterocycles. The van der Waals surface area contributed by atoms with Gasteiger partial charge in [-0.3, -0.25) is 19.3 Å². The van der Waals surface area contributed by atoms with Crippen molar-refractivity contribution in [3.05, 3.63) is 110 Å². The summed E-state index contributed by atoms with van der Waals surface area (Å²) in [6.45, 7) is 4.28. The largest absolute Gasteiger partial charge is 0.450 e. The molecule has 0 N–H and O–H groups in total. The average Bonchev–Trinajstić information content (AvgIpc) is 3.63. The minimum Gasteiger partial charge on any atom is -0.450 e. The molecular weight excluding hydrogens is 592 g/mol. The van der Waals surface area contributed by atoms with E-state index in [4.69, 9.17) is 16.0 Å². The smallest absolute Gasteiger partial charge is 0.297 e. The molecule has 8 nitrogen and oxygen atoms in total. The molecule has 2 amide bonds. The van der Waals surface area contributed by atoms with Crippen LogP contribution in [0.25, 0.3) is 11.0 Å². The molecule has 42 heavy (non-hydrogen) atoms. The lowest BCUT2D eigenvalue weighted by molar-refractivity contribution is -0.121. The highest BCUT2D eigenvalue weighted by molar-refractivity contribution is 8.00. The molecule has 1 unspecified atom stereocenters. The van der Waals surface area contributed by atoms with Crippen LogP contribution >= 0.6 is 34.7 Å². The topological polar surface area (TPSA) is 96.6 Å². The first-order valence-electron chi connectivity index (χ1n) is 13.4. The van der Waals surface area contributed by atoms with Gasteiger partial charge in [0.1, 0.15) is 5.58 Å². The lowest BCUT2D eigenvalue weighted by Crippen LogP contribution is -2.53. The highest BCUT2D eigenvalue weighted by atomic mass is 35.5. The van der Waals surface area contributed by atoms with Crippen LogP contribution in [0.5, 0.6) is 0 Å². The molecule has 0 bridgehead atoms. The summed E-state index contributed by atoms with van der Waals surface area (Å²) in [5.74, 6) is -0.524. The SMILES string of the molecule is CCCN1C(=O)C2(c3ccccc31)c1c(oc3ccc(C)cc3c1=O)C(=O)N2c1nnc(SCc2ccc(Cl)cc2)s1. The Morgan fingerprint density at radius 1 is 1.02 bits per heavy atom. The van der Waals surface area contributed by atoms with Gasteiger partial charge in [0.25, 0.3) is 11.8 Å². The van der Waals surface area contributed by atoms with E-state index in [1.165, 1.54) is 28.0 Å². The van der Waals surface area contributed by atoms with Crippen molar-refractivity contribution in [2.45, 2.75) is 35.9 Å². The zero-order valence-electron chi connectivity index (χ0n) is 22.6. The molecule has 210 valence electrons. The van der Waals surface area contributed by atoms with E-state index in [2.05, 4.69) is 10.2 Å². The number of aryl methyl sites for hydroxylation is 1. The normalized spacial score (nSPS) is 17.5. The summed E-state index contributed by atoms with van der Waals surface area (Å²) in [7, 11) is 0. The Morgan fingerprint density at radius 3 is 2.60 bits per heavy atom. The van der Waals surface area contributed by atoms with Gasteiger partial charge in [-0.1, -0.05) is 83.6 Å². The van der Waals surface area contributed by atoms with E-state index in [1.807, 2.05) is 62.4 Å². The molecule has 2 aromatic heterocycles. The number of nitrogens with zero attached hydrogens (tertiary/aromatic N) is 4. The minimum absolute atomic E-state index is 0.0206. The van der Waals surface area contributed by atoms with Crippen molar-refractivity contribution in [2.24, 2.45) is 0 Å². The first kappa shape index (κ1) is 26.9. The number of benzene rings is 3. The Kier molecular flexibility index (Phi) is 6.45. The monoisotopic (exact) mass is 614 g/mol. The summed E-state index contributed by atoms with van der Waals surface area (Å²) in [6.07, 6.45) is 0.687. The van der Waals surface area contributed by atoms with Crippen LogP contribution in [0.3, 0.4) is 0 Å². The van der Waals surface area contributed by atoms with E-state index < -0.39 is 16.9 Å². The van der Waals surface area contributed by atoms with Gasteiger partial charge >= 0.3 is 0 Å². The second kappa shape index (κ2) is 10.1. The Morgan fingerprint density at radius 2 is 1.81 bits per heavy atom. The van der Waals surface area contributed by atoms with Crippen LogP contribution < -0.4 is 15.2 Å². The molecule has 7 rings (SSSR count). The molecule has 5 aromatic rings. The van der Waals surface area contributed by atoms with Gasteiger partial charge in [-0.05, 0) is 49.2 Å². The van der Waals surface area contributed by atoms with Crippen molar-refractivity contribution in [1.82, 2.24) is 10.2 Å². The summed E-state index contributed by atoms with van der Waals surface area (Å²) >= 11 is 8.68. The predicted octanol–water partition coefficient (Wildman–Crippen LogP) is 6.56. The molecule has 2 aliphatic heterocycles. The number of rotatable bonds is 6. The maximum absolute atomic E-state index is 14.7. The Hall–Kier alpha value is -3.99. The summed E-state index contributed by atoms with van der Waals surface area (Å²) in [6, 6.07) is 20.1. The van der Waals surface area contributed by atoms with Crippen LogP contribution in [0.1, 0.15) is 46.2 Å². The average molecular weight is 615 g/mol. The molecule has 0 fully saturated rings. The fourth-order valence-corrected chi connectivity index (χ4v) is 7.77. The van der Waals surface area contributed by atoms with Gasteiger partial charge in [0.05, 0.1) is 16.6 Å². The second-order valence-corrected chi connectivity index (χ2v) is 12.8. The quantitative estimate of drug-likeness (QED) is 0.158. The highest BCUT2D eigenvalue weighted by Crippen LogP contribution is 2.54. The summed E-state index contributed by atoms with van der Waals surface area (Å²) in [4.78, 5) is 46.3. The van der Waals surface area contributed by atoms with Crippen molar-refractivity contribution in [3.8, 4) is 0 Å². The van der Waals surface area contributed by atoms with Gasteiger partial charge in [0, 0.05) is 22.9 Å². The van der Waals surface area contributed by atoms with E-state index in [9.17, 15) is 14.4 Å². The minimum atomic E-state index is -1.77. The van der Waals surface area contributed by atoms with E-state index in [1.54, 1.807) is 23.1 Å². The standard InChI is InChI=1S/C31H23ClN4O4S2/c1-3-14-35-22-7-5-4-6-21(22)31(28(35)39)24-25(37)20-15-17(2)8-13-23(20)40-26(24)27(38)36(31)29-33-34-30(42-29)41-16-18-9-11-19(32)12-10-18/h4-13,15H,3,14,16H2,1-2H3. The van der Waals surface area contributed by atoms with Crippen LogP contribution in [-0.4, -0.2) is 28.6 Å². The number of carbonyl (C=O) groups excluding carboxylic acids is 2. The number of hydrogen-bond donors (Lipinski definition) is 0. The molecule has 1 atom stereocenters. The second-order valence-electron chi connectivity index (χ2n) is 10.2. The molecular formula is C31H23ClN4O4S2. The molecule has 3 aromatic carbocycles. The molecule has 1 spiro atoms. The Labute approximate surface area is 253 Å². The molecule has 11 heteroatoms. The van der Waals surface area contributed by atoms with Gasteiger partial charge in [0.15, 0.2) is 15.3 Å². The number of anilines is 2. The maximum Gasteiger partial charge on any atom is 0.297 e. The van der Waals surface area contributed by atoms with Gasteiger partial charge in [-0.15, -0.1) is 10.2 Å². The Balaban J connectivity index is 1.43. The number of amides is 2. The van der Waals surface area contributed by atoms with Crippen LogP contribution in [0.15, 0.2) is 80.3 Å².